The SMILES string of the molecule is CN(C(=O)CCC(=O)N1CCNCC1)c1ccc2nccc(C(=O)NCC(=O)N3CC(F)(F)C[C@H]3C#N)c2c1. The van der Waals surface area contributed by atoms with Gasteiger partial charge in [0, 0.05) is 69.8 Å². The van der Waals surface area contributed by atoms with Crippen LogP contribution in [-0.4, -0.2) is 96.7 Å². The molecule has 2 saturated heterocycles. The highest BCUT2D eigenvalue weighted by Gasteiger charge is 2.47. The molecule has 1 aromatic heterocycles. The summed E-state index contributed by atoms with van der Waals surface area (Å²) in [7, 11) is 1.57. The molecule has 2 aliphatic heterocycles. The molecule has 0 unspecified atom stereocenters. The number of amides is 4. The van der Waals surface area contributed by atoms with Gasteiger partial charge in [0.2, 0.25) is 17.7 Å². The van der Waals surface area contributed by atoms with Crippen molar-refractivity contribution in [2.45, 2.75) is 31.2 Å². The van der Waals surface area contributed by atoms with Crippen molar-refractivity contribution < 1.29 is 28.0 Å². The van der Waals surface area contributed by atoms with Crippen molar-refractivity contribution in [1.82, 2.24) is 25.4 Å². The third-order valence-corrected chi connectivity index (χ3v) is 6.89. The van der Waals surface area contributed by atoms with E-state index in [1.54, 1.807) is 36.2 Å². The van der Waals surface area contributed by atoms with E-state index in [-0.39, 0.29) is 30.2 Å². The molecule has 0 radical (unpaired) electrons. The number of rotatable bonds is 7. The zero-order valence-corrected chi connectivity index (χ0v) is 21.5. The molecule has 1 aromatic carbocycles. The first-order chi connectivity index (χ1) is 18.6. The number of piperazine rings is 1. The standard InChI is InChI=1S/C26H29F2N7O4/c1-33(22(36)4-5-23(37)34-10-8-30-9-11-34)17-2-3-21-20(12-17)19(6-7-31-21)25(39)32-15-24(38)35-16-26(27,28)13-18(35)14-29/h2-3,6-7,12,18,30H,4-5,8-11,13,15-16H2,1H3,(H,32,39)/t18-/m0/s1. The molecule has 206 valence electrons. The number of nitrogens with one attached hydrogen (secondary N) is 2. The monoisotopic (exact) mass is 541 g/mol. The van der Waals surface area contributed by atoms with E-state index in [4.69, 9.17) is 5.26 Å². The van der Waals surface area contributed by atoms with E-state index in [9.17, 15) is 28.0 Å². The van der Waals surface area contributed by atoms with Gasteiger partial charge in [-0.25, -0.2) is 8.78 Å². The van der Waals surface area contributed by atoms with Gasteiger partial charge in [0.25, 0.3) is 11.8 Å². The second-order valence-electron chi connectivity index (χ2n) is 9.55. The zero-order chi connectivity index (χ0) is 28.2. The van der Waals surface area contributed by atoms with Crippen LogP contribution in [0.4, 0.5) is 14.5 Å². The van der Waals surface area contributed by atoms with Gasteiger partial charge >= 0.3 is 0 Å². The maximum Gasteiger partial charge on any atom is 0.268 e. The van der Waals surface area contributed by atoms with Crippen molar-refractivity contribution >= 4 is 40.2 Å². The zero-order valence-electron chi connectivity index (χ0n) is 21.5. The normalized spacial score (nSPS) is 18.5. The lowest BCUT2D eigenvalue weighted by molar-refractivity contribution is -0.133. The number of hydrogen-bond donors (Lipinski definition) is 2. The lowest BCUT2D eigenvalue weighted by atomic mass is 10.1. The van der Waals surface area contributed by atoms with Crippen LogP contribution in [0.1, 0.15) is 29.6 Å². The van der Waals surface area contributed by atoms with Crippen LogP contribution in [-0.2, 0) is 14.4 Å². The van der Waals surface area contributed by atoms with E-state index in [2.05, 4.69) is 15.6 Å². The van der Waals surface area contributed by atoms with Crippen molar-refractivity contribution in [2.75, 3.05) is 51.2 Å². The smallest absolute Gasteiger partial charge is 0.268 e. The fourth-order valence-corrected chi connectivity index (χ4v) is 4.69. The quantitative estimate of drug-likeness (QED) is 0.531. The van der Waals surface area contributed by atoms with Crippen LogP contribution >= 0.6 is 0 Å². The topological polar surface area (TPSA) is 139 Å². The number of hydrogen-bond acceptors (Lipinski definition) is 7. The highest BCUT2D eigenvalue weighted by Crippen LogP contribution is 2.31. The molecule has 3 heterocycles. The lowest BCUT2D eigenvalue weighted by Crippen LogP contribution is -2.46. The number of halogens is 2. The third kappa shape index (κ3) is 6.46. The molecule has 0 aliphatic carbocycles. The minimum atomic E-state index is -3.15. The third-order valence-electron chi connectivity index (χ3n) is 6.89. The molecule has 2 aliphatic rings. The molecule has 4 amide bonds. The predicted octanol–water partition coefficient (Wildman–Crippen LogP) is 0.899. The molecule has 2 N–H and O–H groups in total. The van der Waals surface area contributed by atoms with Crippen molar-refractivity contribution in [3.8, 4) is 6.07 Å². The first kappa shape index (κ1) is 27.8. The van der Waals surface area contributed by atoms with Gasteiger partial charge in [0.05, 0.1) is 30.2 Å². The van der Waals surface area contributed by atoms with Gasteiger partial charge in [-0.1, -0.05) is 0 Å². The van der Waals surface area contributed by atoms with Crippen LogP contribution in [0.15, 0.2) is 30.5 Å². The van der Waals surface area contributed by atoms with Crippen LogP contribution in [0.3, 0.4) is 0 Å². The number of nitriles is 1. The van der Waals surface area contributed by atoms with Crippen molar-refractivity contribution in [3.05, 3.63) is 36.0 Å². The lowest BCUT2D eigenvalue weighted by Gasteiger charge is -2.27. The summed E-state index contributed by atoms with van der Waals surface area (Å²) >= 11 is 0. The maximum absolute atomic E-state index is 13.7. The second kappa shape index (κ2) is 11.7. The molecule has 0 spiro atoms. The van der Waals surface area contributed by atoms with Gasteiger partial charge in [-0.2, -0.15) is 5.26 Å². The minimum Gasteiger partial charge on any atom is -0.343 e. The average Bonchev–Trinajstić information content (AvgIpc) is 3.28. The number of pyridine rings is 1. The number of carbonyl (C=O) groups is 4. The Morgan fingerprint density at radius 2 is 1.92 bits per heavy atom. The Balaban J connectivity index is 1.42. The molecule has 0 saturated carbocycles. The average molecular weight is 542 g/mol. The van der Waals surface area contributed by atoms with Gasteiger partial charge < -0.3 is 25.3 Å². The largest absolute Gasteiger partial charge is 0.343 e. The first-order valence-electron chi connectivity index (χ1n) is 12.6. The Morgan fingerprint density at radius 3 is 2.64 bits per heavy atom. The van der Waals surface area contributed by atoms with Crippen LogP contribution in [0.5, 0.6) is 0 Å². The molecule has 1 atom stereocenters. The summed E-state index contributed by atoms with van der Waals surface area (Å²) in [6.07, 6.45) is 0.799. The number of carbonyl (C=O) groups excluding carboxylic acids is 4. The molecular weight excluding hydrogens is 512 g/mol. The summed E-state index contributed by atoms with van der Waals surface area (Å²) in [5, 5.41) is 15.1. The van der Waals surface area contributed by atoms with Crippen LogP contribution in [0.2, 0.25) is 0 Å². The van der Waals surface area contributed by atoms with E-state index in [1.807, 2.05) is 0 Å². The molecule has 2 aromatic rings. The Hall–Kier alpha value is -4.18. The second-order valence-corrected chi connectivity index (χ2v) is 9.55. The highest BCUT2D eigenvalue weighted by atomic mass is 19.3. The summed E-state index contributed by atoms with van der Waals surface area (Å²) in [5.74, 6) is -4.92. The number of likely N-dealkylation sites (tertiary alicyclic amines) is 1. The van der Waals surface area contributed by atoms with E-state index < -0.39 is 43.3 Å². The number of aromatic nitrogens is 1. The fraction of sp³-hybridized carbons (Fsp3) is 0.462. The number of alkyl halides is 2. The van der Waals surface area contributed by atoms with Gasteiger partial charge in [0.1, 0.15) is 6.04 Å². The molecular formula is C26H29F2N7O4. The van der Waals surface area contributed by atoms with Gasteiger partial charge in [-0.3, -0.25) is 24.2 Å². The number of nitrogens with zero attached hydrogens (tertiary/aromatic N) is 5. The van der Waals surface area contributed by atoms with Gasteiger partial charge in [-0.15, -0.1) is 0 Å². The first-order valence-corrected chi connectivity index (χ1v) is 12.6. The van der Waals surface area contributed by atoms with Crippen LogP contribution < -0.4 is 15.5 Å². The Labute approximate surface area is 223 Å². The van der Waals surface area contributed by atoms with E-state index >= 15 is 0 Å². The van der Waals surface area contributed by atoms with Crippen molar-refractivity contribution in [1.29, 1.82) is 5.26 Å². The van der Waals surface area contributed by atoms with Crippen LogP contribution in [0.25, 0.3) is 10.9 Å². The molecule has 11 nitrogen and oxygen atoms in total. The predicted molar refractivity (Wildman–Crippen MR) is 137 cm³/mol. The number of fused-ring (bicyclic) bond motifs is 1. The maximum atomic E-state index is 13.7. The summed E-state index contributed by atoms with van der Waals surface area (Å²) in [4.78, 5) is 58.8. The highest BCUT2D eigenvalue weighted by molar-refractivity contribution is 6.08. The molecule has 39 heavy (non-hydrogen) atoms. The summed E-state index contributed by atoms with van der Waals surface area (Å²) in [6.45, 7) is 1.24. The molecule has 2 fully saturated rings. The van der Waals surface area contributed by atoms with Gasteiger partial charge in [-0.05, 0) is 24.3 Å². The number of benzene rings is 1. The Morgan fingerprint density at radius 1 is 1.18 bits per heavy atom. The molecule has 13 heteroatoms. The number of anilines is 1. The minimum absolute atomic E-state index is 0.0268. The Bertz CT molecular complexity index is 1320. The van der Waals surface area contributed by atoms with E-state index in [0.29, 0.717) is 29.7 Å². The molecule has 4 rings (SSSR count). The van der Waals surface area contributed by atoms with Crippen molar-refractivity contribution in [2.24, 2.45) is 0 Å². The van der Waals surface area contributed by atoms with Gasteiger partial charge in [0.15, 0.2) is 0 Å². The summed E-state index contributed by atoms with van der Waals surface area (Å²) < 4.78 is 27.3. The molecule has 0 bridgehead atoms. The fourth-order valence-electron chi connectivity index (χ4n) is 4.69. The summed E-state index contributed by atoms with van der Waals surface area (Å²) in [5.41, 5.74) is 1.13. The summed E-state index contributed by atoms with van der Waals surface area (Å²) in [6, 6.07) is 6.82. The van der Waals surface area contributed by atoms with E-state index in [1.165, 1.54) is 17.2 Å². The van der Waals surface area contributed by atoms with Crippen LogP contribution in [0, 0.1) is 11.3 Å². The van der Waals surface area contributed by atoms with Crippen molar-refractivity contribution in [3.63, 3.8) is 0 Å². The van der Waals surface area contributed by atoms with E-state index in [0.717, 1.165) is 18.0 Å². The Kier molecular flexibility index (Phi) is 8.35.